The Labute approximate surface area is 118 Å². The number of H-pyrrole nitrogens is 1. The molecule has 3 nitrogen and oxygen atoms in total. The molecule has 1 aromatic heterocycles. The van der Waals surface area contributed by atoms with Gasteiger partial charge in [0.1, 0.15) is 10.5 Å². The predicted molar refractivity (Wildman–Crippen MR) is 80.9 cm³/mol. The van der Waals surface area contributed by atoms with Crippen molar-refractivity contribution in [2.75, 3.05) is 25.1 Å². The number of aryl methyl sites for hydroxylation is 1. The van der Waals surface area contributed by atoms with Gasteiger partial charge in [-0.05, 0) is 19.9 Å². The van der Waals surface area contributed by atoms with Crippen LogP contribution in [-0.2, 0) is 0 Å². The summed E-state index contributed by atoms with van der Waals surface area (Å²) < 4.78 is 0.764. The monoisotopic (exact) mass is 283 g/mol. The van der Waals surface area contributed by atoms with E-state index in [-0.39, 0.29) is 0 Å². The maximum absolute atomic E-state index is 5.45. The normalized spacial score (nSPS) is 21.5. The summed E-state index contributed by atoms with van der Waals surface area (Å²) >= 11 is 7.44. The van der Waals surface area contributed by atoms with E-state index in [9.17, 15) is 0 Å². The molecule has 0 aromatic carbocycles. The van der Waals surface area contributed by atoms with Crippen molar-refractivity contribution in [3.63, 3.8) is 0 Å². The van der Waals surface area contributed by atoms with Crippen LogP contribution in [0, 0.1) is 11.6 Å². The molecule has 0 bridgehead atoms. The standard InChI is InChI=1S/C13H21N3S2/c1-8(2)11-9(3)14-12(15-13(11)17)10-7-18-6-5-16(10)4/h8,10H,5-7H2,1-4H3,(H,14,15,17). The number of aromatic amines is 1. The average molecular weight is 283 g/mol. The molecule has 1 aliphatic rings. The molecule has 18 heavy (non-hydrogen) atoms. The van der Waals surface area contributed by atoms with Gasteiger partial charge in [0.15, 0.2) is 0 Å². The Bertz CT molecular complexity index is 482. The molecule has 0 spiro atoms. The lowest BCUT2D eigenvalue weighted by Crippen LogP contribution is -2.34. The van der Waals surface area contributed by atoms with Crippen LogP contribution in [0.3, 0.4) is 0 Å². The fourth-order valence-corrected chi connectivity index (χ4v) is 4.14. The van der Waals surface area contributed by atoms with Crippen LogP contribution in [0.4, 0.5) is 0 Å². The van der Waals surface area contributed by atoms with E-state index >= 15 is 0 Å². The molecule has 0 aliphatic carbocycles. The zero-order chi connectivity index (χ0) is 13.3. The van der Waals surface area contributed by atoms with Crippen molar-refractivity contribution in [2.24, 2.45) is 0 Å². The summed E-state index contributed by atoms with van der Waals surface area (Å²) in [7, 11) is 2.16. The van der Waals surface area contributed by atoms with Gasteiger partial charge in [-0.2, -0.15) is 11.8 Å². The quantitative estimate of drug-likeness (QED) is 0.844. The summed E-state index contributed by atoms with van der Waals surface area (Å²) in [5.41, 5.74) is 2.35. The predicted octanol–water partition coefficient (Wildman–Crippen LogP) is 3.29. The molecular formula is C13H21N3S2. The number of hydrogen-bond donors (Lipinski definition) is 1. The van der Waals surface area contributed by atoms with E-state index in [1.807, 2.05) is 11.8 Å². The fraction of sp³-hybridized carbons (Fsp3) is 0.692. The fourth-order valence-electron chi connectivity index (χ4n) is 2.43. The second-order valence-electron chi connectivity index (χ2n) is 5.19. The first-order chi connectivity index (χ1) is 8.50. The Kier molecular flexibility index (Phi) is 4.45. The second-order valence-corrected chi connectivity index (χ2v) is 6.73. The zero-order valence-corrected chi connectivity index (χ0v) is 13.1. The first-order valence-electron chi connectivity index (χ1n) is 6.39. The summed E-state index contributed by atoms with van der Waals surface area (Å²) in [5.74, 6) is 3.75. The summed E-state index contributed by atoms with van der Waals surface area (Å²) in [6.07, 6.45) is 0. The van der Waals surface area contributed by atoms with Gasteiger partial charge >= 0.3 is 0 Å². The van der Waals surface area contributed by atoms with Crippen LogP contribution in [-0.4, -0.2) is 40.0 Å². The first-order valence-corrected chi connectivity index (χ1v) is 7.95. The molecular weight excluding hydrogens is 262 g/mol. The highest BCUT2D eigenvalue weighted by Crippen LogP contribution is 2.27. The minimum Gasteiger partial charge on any atom is -0.346 e. The maximum Gasteiger partial charge on any atom is 0.133 e. The lowest BCUT2D eigenvalue weighted by molar-refractivity contribution is 0.264. The lowest BCUT2D eigenvalue weighted by atomic mass is 10.0. The van der Waals surface area contributed by atoms with Gasteiger partial charge in [0, 0.05) is 29.3 Å². The second kappa shape index (κ2) is 5.72. The van der Waals surface area contributed by atoms with Crippen molar-refractivity contribution in [3.8, 4) is 0 Å². The lowest BCUT2D eigenvalue weighted by Gasteiger charge is -2.31. The van der Waals surface area contributed by atoms with Crippen molar-refractivity contribution in [3.05, 3.63) is 21.7 Å². The molecule has 1 fully saturated rings. The molecule has 0 radical (unpaired) electrons. The van der Waals surface area contributed by atoms with E-state index in [1.165, 1.54) is 17.0 Å². The van der Waals surface area contributed by atoms with Gasteiger partial charge < -0.3 is 4.98 Å². The maximum atomic E-state index is 5.45. The topological polar surface area (TPSA) is 31.9 Å². The number of nitrogens with one attached hydrogen (secondary N) is 1. The Morgan fingerprint density at radius 2 is 2.22 bits per heavy atom. The van der Waals surface area contributed by atoms with E-state index < -0.39 is 0 Å². The zero-order valence-electron chi connectivity index (χ0n) is 11.5. The molecule has 1 saturated heterocycles. The first kappa shape index (κ1) is 14.0. The highest BCUT2D eigenvalue weighted by molar-refractivity contribution is 7.99. The molecule has 1 aromatic rings. The van der Waals surface area contributed by atoms with Crippen molar-refractivity contribution in [1.82, 2.24) is 14.9 Å². The molecule has 0 amide bonds. The molecule has 5 heteroatoms. The molecule has 1 N–H and O–H groups in total. The van der Waals surface area contributed by atoms with Gasteiger partial charge in [-0.1, -0.05) is 26.1 Å². The smallest absolute Gasteiger partial charge is 0.133 e. The van der Waals surface area contributed by atoms with E-state index in [0.717, 1.165) is 22.8 Å². The van der Waals surface area contributed by atoms with Crippen molar-refractivity contribution < 1.29 is 0 Å². The van der Waals surface area contributed by atoms with Gasteiger partial charge in [0.2, 0.25) is 0 Å². The average Bonchev–Trinajstić information content (AvgIpc) is 2.27. The Morgan fingerprint density at radius 3 is 2.78 bits per heavy atom. The van der Waals surface area contributed by atoms with Crippen LogP contribution in [0.1, 0.15) is 42.9 Å². The molecule has 1 atom stereocenters. The van der Waals surface area contributed by atoms with E-state index in [2.05, 4.69) is 42.7 Å². The van der Waals surface area contributed by atoms with Crippen LogP contribution in [0.25, 0.3) is 0 Å². The van der Waals surface area contributed by atoms with Gasteiger partial charge in [0.25, 0.3) is 0 Å². The van der Waals surface area contributed by atoms with Gasteiger partial charge in [-0.3, -0.25) is 4.90 Å². The summed E-state index contributed by atoms with van der Waals surface area (Å²) in [6, 6.07) is 0.366. The van der Waals surface area contributed by atoms with E-state index in [0.29, 0.717) is 12.0 Å². The number of rotatable bonds is 2. The molecule has 2 heterocycles. The highest BCUT2D eigenvalue weighted by atomic mass is 32.2. The number of hydrogen-bond acceptors (Lipinski definition) is 4. The molecule has 100 valence electrons. The molecule has 1 unspecified atom stereocenters. The number of nitrogens with zero attached hydrogens (tertiary/aromatic N) is 2. The van der Waals surface area contributed by atoms with Gasteiger partial charge in [0.05, 0.1) is 6.04 Å². The summed E-state index contributed by atoms with van der Waals surface area (Å²) in [4.78, 5) is 10.5. The summed E-state index contributed by atoms with van der Waals surface area (Å²) in [5, 5.41) is 0. The third-order valence-electron chi connectivity index (χ3n) is 3.46. The number of aromatic nitrogens is 2. The molecule has 1 aliphatic heterocycles. The Hall–Kier alpha value is -0.390. The van der Waals surface area contributed by atoms with Crippen molar-refractivity contribution in [2.45, 2.75) is 32.7 Å². The van der Waals surface area contributed by atoms with Crippen LogP contribution in [0.2, 0.25) is 0 Å². The Morgan fingerprint density at radius 1 is 1.50 bits per heavy atom. The highest BCUT2D eigenvalue weighted by Gasteiger charge is 2.24. The van der Waals surface area contributed by atoms with Crippen molar-refractivity contribution in [1.29, 1.82) is 0 Å². The summed E-state index contributed by atoms with van der Waals surface area (Å²) in [6.45, 7) is 7.54. The minimum atomic E-state index is 0.366. The molecule has 2 rings (SSSR count). The van der Waals surface area contributed by atoms with Crippen LogP contribution in [0.15, 0.2) is 0 Å². The van der Waals surface area contributed by atoms with Crippen molar-refractivity contribution >= 4 is 24.0 Å². The third kappa shape index (κ3) is 2.78. The van der Waals surface area contributed by atoms with Crippen LogP contribution in [0.5, 0.6) is 0 Å². The minimum absolute atomic E-state index is 0.366. The SMILES string of the molecule is Cc1[nH]c(C2CSCCN2C)nc(=S)c1C(C)C. The van der Waals surface area contributed by atoms with Crippen LogP contribution < -0.4 is 0 Å². The van der Waals surface area contributed by atoms with Gasteiger partial charge in [-0.25, -0.2) is 4.98 Å². The third-order valence-corrected chi connectivity index (χ3v) is 4.79. The van der Waals surface area contributed by atoms with Gasteiger partial charge in [-0.15, -0.1) is 0 Å². The largest absolute Gasteiger partial charge is 0.346 e. The Balaban J connectivity index is 2.38. The number of thioether (sulfide) groups is 1. The van der Waals surface area contributed by atoms with E-state index in [1.54, 1.807) is 0 Å². The van der Waals surface area contributed by atoms with Crippen LogP contribution >= 0.6 is 24.0 Å². The molecule has 0 saturated carbocycles. The van der Waals surface area contributed by atoms with E-state index in [4.69, 9.17) is 12.2 Å².